The fraction of sp³-hybridized carbons (Fsp3) is 0.600. The van der Waals surface area contributed by atoms with Gasteiger partial charge in [-0.15, -0.1) is 0 Å². The second-order valence-electron chi connectivity index (χ2n) is 5.26. The smallest absolute Gasteiger partial charge is 0.161 e. The van der Waals surface area contributed by atoms with Crippen LogP contribution in [-0.4, -0.2) is 43.8 Å². The summed E-state index contributed by atoms with van der Waals surface area (Å²) in [5.74, 6) is 1.77. The molecule has 104 valence electrons. The molecule has 1 aromatic carbocycles. The summed E-state index contributed by atoms with van der Waals surface area (Å²) in [5, 5.41) is 3.35. The summed E-state index contributed by atoms with van der Waals surface area (Å²) in [5.41, 5.74) is 1.31. The average molecular weight is 262 g/mol. The van der Waals surface area contributed by atoms with Crippen molar-refractivity contribution in [2.75, 3.05) is 32.8 Å². The Labute approximate surface area is 114 Å². The van der Waals surface area contributed by atoms with Gasteiger partial charge in [-0.1, -0.05) is 13.0 Å². The topological polar surface area (TPSA) is 33.7 Å². The summed E-state index contributed by atoms with van der Waals surface area (Å²) in [6, 6.07) is 7.01. The predicted octanol–water partition coefficient (Wildman–Crippen LogP) is 1.64. The van der Waals surface area contributed by atoms with Gasteiger partial charge in [-0.05, 0) is 30.7 Å². The zero-order valence-electron chi connectivity index (χ0n) is 11.5. The van der Waals surface area contributed by atoms with Crippen molar-refractivity contribution in [1.82, 2.24) is 10.2 Å². The molecule has 0 atom stereocenters. The molecule has 2 heterocycles. The van der Waals surface area contributed by atoms with Crippen molar-refractivity contribution in [3.05, 3.63) is 23.8 Å². The highest BCUT2D eigenvalue weighted by Gasteiger charge is 2.24. The van der Waals surface area contributed by atoms with Gasteiger partial charge in [-0.2, -0.15) is 0 Å². The zero-order chi connectivity index (χ0) is 13.1. The quantitative estimate of drug-likeness (QED) is 0.874. The molecule has 2 aliphatic heterocycles. The van der Waals surface area contributed by atoms with Gasteiger partial charge in [-0.3, -0.25) is 4.90 Å². The Kier molecular flexibility index (Phi) is 3.89. The number of nitrogens with one attached hydrogen (secondary N) is 1. The van der Waals surface area contributed by atoms with Crippen molar-refractivity contribution in [3.63, 3.8) is 0 Å². The van der Waals surface area contributed by atoms with E-state index in [1.807, 2.05) is 6.07 Å². The number of fused-ring (bicyclic) bond motifs is 1. The summed E-state index contributed by atoms with van der Waals surface area (Å²) in [4.78, 5) is 2.56. The second-order valence-corrected chi connectivity index (χ2v) is 5.26. The van der Waals surface area contributed by atoms with Crippen LogP contribution in [0.4, 0.5) is 0 Å². The highest BCUT2D eigenvalue weighted by molar-refractivity contribution is 5.43. The molecule has 1 saturated heterocycles. The van der Waals surface area contributed by atoms with E-state index in [4.69, 9.17) is 9.47 Å². The van der Waals surface area contributed by atoms with Crippen LogP contribution in [0.2, 0.25) is 0 Å². The third-order valence-electron chi connectivity index (χ3n) is 3.78. The maximum atomic E-state index is 5.65. The van der Waals surface area contributed by atoms with Gasteiger partial charge in [0.1, 0.15) is 13.2 Å². The molecule has 0 radical (unpaired) electrons. The van der Waals surface area contributed by atoms with Gasteiger partial charge < -0.3 is 14.8 Å². The standard InChI is InChI=1S/C15H22N2O2/c1-2-5-17(13-9-16-10-13)11-12-3-4-14-15(8-12)19-7-6-18-14/h3-4,8,13,16H,2,5-7,9-11H2,1H3. The van der Waals surface area contributed by atoms with E-state index in [1.54, 1.807) is 0 Å². The maximum Gasteiger partial charge on any atom is 0.161 e. The Balaban J connectivity index is 1.70. The van der Waals surface area contributed by atoms with Crippen LogP contribution in [0.3, 0.4) is 0 Å². The number of benzene rings is 1. The molecular weight excluding hydrogens is 240 g/mol. The molecule has 0 aliphatic carbocycles. The van der Waals surface area contributed by atoms with Crippen LogP contribution in [0.15, 0.2) is 18.2 Å². The molecule has 0 bridgehead atoms. The zero-order valence-corrected chi connectivity index (χ0v) is 11.5. The normalized spacial score (nSPS) is 18.4. The Bertz CT molecular complexity index is 432. The van der Waals surface area contributed by atoms with Crippen LogP contribution < -0.4 is 14.8 Å². The van der Waals surface area contributed by atoms with Gasteiger partial charge in [0.2, 0.25) is 0 Å². The van der Waals surface area contributed by atoms with E-state index in [0.717, 1.165) is 37.7 Å². The monoisotopic (exact) mass is 262 g/mol. The molecule has 1 N–H and O–H groups in total. The number of hydrogen-bond acceptors (Lipinski definition) is 4. The molecule has 0 amide bonds. The van der Waals surface area contributed by atoms with Crippen LogP contribution in [0.1, 0.15) is 18.9 Å². The fourth-order valence-corrected chi connectivity index (χ4v) is 2.63. The summed E-state index contributed by atoms with van der Waals surface area (Å²) in [6.45, 7) is 7.93. The van der Waals surface area contributed by atoms with Crippen LogP contribution >= 0.6 is 0 Å². The largest absolute Gasteiger partial charge is 0.486 e. The number of hydrogen-bond donors (Lipinski definition) is 1. The third kappa shape index (κ3) is 2.85. The number of rotatable bonds is 5. The second kappa shape index (κ2) is 5.80. The molecule has 0 spiro atoms. The summed E-state index contributed by atoms with van der Waals surface area (Å²) >= 11 is 0. The maximum absolute atomic E-state index is 5.65. The Morgan fingerprint density at radius 2 is 2.00 bits per heavy atom. The van der Waals surface area contributed by atoms with Gasteiger partial charge in [0.05, 0.1) is 0 Å². The van der Waals surface area contributed by atoms with Crippen molar-refractivity contribution in [2.45, 2.75) is 25.9 Å². The minimum absolute atomic E-state index is 0.654. The predicted molar refractivity (Wildman–Crippen MR) is 74.8 cm³/mol. The highest BCUT2D eigenvalue weighted by Crippen LogP contribution is 2.31. The summed E-state index contributed by atoms with van der Waals surface area (Å²) in [6.07, 6.45) is 1.20. The van der Waals surface area contributed by atoms with Crippen LogP contribution in [0.25, 0.3) is 0 Å². The summed E-state index contributed by atoms with van der Waals surface area (Å²) in [7, 11) is 0. The van der Waals surface area contributed by atoms with E-state index in [-0.39, 0.29) is 0 Å². The summed E-state index contributed by atoms with van der Waals surface area (Å²) < 4.78 is 11.2. The number of nitrogens with zero attached hydrogens (tertiary/aromatic N) is 1. The minimum Gasteiger partial charge on any atom is -0.486 e. The minimum atomic E-state index is 0.654. The van der Waals surface area contributed by atoms with Gasteiger partial charge >= 0.3 is 0 Å². The third-order valence-corrected chi connectivity index (χ3v) is 3.78. The van der Waals surface area contributed by atoms with E-state index in [2.05, 4.69) is 29.3 Å². The first-order valence-electron chi connectivity index (χ1n) is 7.20. The molecule has 0 saturated carbocycles. The molecular formula is C15H22N2O2. The van der Waals surface area contributed by atoms with E-state index in [9.17, 15) is 0 Å². The molecule has 19 heavy (non-hydrogen) atoms. The molecule has 0 unspecified atom stereocenters. The molecule has 3 rings (SSSR count). The molecule has 2 aliphatic rings. The highest BCUT2D eigenvalue weighted by atomic mass is 16.6. The molecule has 4 nitrogen and oxygen atoms in total. The molecule has 1 aromatic rings. The van der Waals surface area contributed by atoms with E-state index < -0.39 is 0 Å². The van der Waals surface area contributed by atoms with Crippen molar-refractivity contribution >= 4 is 0 Å². The van der Waals surface area contributed by atoms with Crippen molar-refractivity contribution in [3.8, 4) is 11.5 Å². The van der Waals surface area contributed by atoms with Gasteiger partial charge in [-0.25, -0.2) is 0 Å². The fourth-order valence-electron chi connectivity index (χ4n) is 2.63. The molecule has 4 heteroatoms. The SMILES string of the molecule is CCCN(Cc1ccc2c(c1)OCCO2)C1CNC1. The lowest BCUT2D eigenvalue weighted by Gasteiger charge is -2.38. The van der Waals surface area contributed by atoms with Crippen LogP contribution in [-0.2, 0) is 6.54 Å². The first-order chi connectivity index (χ1) is 9.36. The van der Waals surface area contributed by atoms with E-state index >= 15 is 0 Å². The molecule has 1 fully saturated rings. The van der Waals surface area contributed by atoms with E-state index in [0.29, 0.717) is 19.3 Å². The Hall–Kier alpha value is -1.26. The average Bonchev–Trinajstić information content (AvgIpc) is 2.37. The Morgan fingerprint density at radius 1 is 1.21 bits per heavy atom. The lowest BCUT2D eigenvalue weighted by atomic mass is 10.1. The van der Waals surface area contributed by atoms with Gasteiger partial charge in [0.25, 0.3) is 0 Å². The molecule has 0 aromatic heterocycles. The number of ether oxygens (including phenoxy) is 2. The van der Waals surface area contributed by atoms with Crippen LogP contribution in [0, 0.1) is 0 Å². The van der Waals surface area contributed by atoms with Crippen LogP contribution in [0.5, 0.6) is 11.5 Å². The van der Waals surface area contributed by atoms with Crippen molar-refractivity contribution in [2.24, 2.45) is 0 Å². The van der Waals surface area contributed by atoms with Gasteiger partial charge in [0.15, 0.2) is 11.5 Å². The van der Waals surface area contributed by atoms with E-state index in [1.165, 1.54) is 12.0 Å². The van der Waals surface area contributed by atoms with Gasteiger partial charge in [0, 0.05) is 25.7 Å². The van der Waals surface area contributed by atoms with Crippen molar-refractivity contribution < 1.29 is 9.47 Å². The lowest BCUT2D eigenvalue weighted by molar-refractivity contribution is 0.137. The first kappa shape index (κ1) is 12.8. The first-order valence-corrected chi connectivity index (χ1v) is 7.20. The Morgan fingerprint density at radius 3 is 2.68 bits per heavy atom. The van der Waals surface area contributed by atoms with Crippen molar-refractivity contribution in [1.29, 1.82) is 0 Å². The lowest BCUT2D eigenvalue weighted by Crippen LogP contribution is -2.56.